The highest BCUT2D eigenvalue weighted by atomic mass is 19.1. The molecule has 2 rings (SSSR count). The average molecular weight is 180 g/mol. The third-order valence-electron chi connectivity index (χ3n) is 2.24. The van der Waals surface area contributed by atoms with E-state index in [1.807, 2.05) is 0 Å². The Bertz CT molecular complexity index is 336. The molecule has 3 heteroatoms. The number of benzene rings is 1. The van der Waals surface area contributed by atoms with Crippen LogP contribution in [0.5, 0.6) is 5.75 Å². The van der Waals surface area contributed by atoms with E-state index in [-0.39, 0.29) is 17.5 Å². The molecule has 0 aromatic heterocycles. The Labute approximate surface area is 75.3 Å². The molecule has 1 unspecified atom stereocenters. The molecule has 0 saturated carbocycles. The Morgan fingerprint density at radius 1 is 1.54 bits per heavy atom. The van der Waals surface area contributed by atoms with E-state index in [9.17, 15) is 9.18 Å². The zero-order valence-electron chi connectivity index (χ0n) is 7.00. The van der Waals surface area contributed by atoms with Crippen molar-refractivity contribution in [1.29, 1.82) is 0 Å². The first-order chi connectivity index (χ1) is 6.33. The minimum absolute atomic E-state index is 0.209. The van der Waals surface area contributed by atoms with Gasteiger partial charge in [-0.05, 0) is 12.5 Å². The molecule has 1 aromatic rings. The second-order valence-corrected chi connectivity index (χ2v) is 3.04. The van der Waals surface area contributed by atoms with E-state index in [2.05, 4.69) is 0 Å². The summed E-state index contributed by atoms with van der Waals surface area (Å²) in [6, 6.07) is 4.67. The van der Waals surface area contributed by atoms with Crippen molar-refractivity contribution in [1.82, 2.24) is 0 Å². The number of ether oxygens (including phenoxy) is 1. The molecule has 0 saturated heterocycles. The maximum absolute atomic E-state index is 13.1. The van der Waals surface area contributed by atoms with Crippen LogP contribution in [0.2, 0.25) is 0 Å². The highest BCUT2D eigenvalue weighted by Gasteiger charge is 2.22. The normalized spacial score (nSPS) is 20.2. The molecule has 1 aliphatic rings. The molecule has 0 aliphatic carbocycles. The number of rotatable bonds is 1. The quantitative estimate of drug-likeness (QED) is 0.617. The van der Waals surface area contributed by atoms with Gasteiger partial charge in [0.2, 0.25) is 0 Å². The molecule has 0 spiro atoms. The average Bonchev–Trinajstić information content (AvgIpc) is 2.18. The standard InChI is InChI=1S/C10H9FO2/c11-9-3-1-2-8-7(6-12)4-5-13-10(8)9/h1-3,6-7H,4-5H2. The molecule has 0 bridgehead atoms. The molecule has 0 amide bonds. The largest absolute Gasteiger partial charge is 0.490 e. The van der Waals surface area contributed by atoms with Crippen molar-refractivity contribution in [3.05, 3.63) is 29.6 Å². The number of aldehydes is 1. The van der Waals surface area contributed by atoms with Crippen LogP contribution in [0, 0.1) is 5.82 Å². The van der Waals surface area contributed by atoms with Crippen LogP contribution in [0.15, 0.2) is 18.2 Å². The predicted molar refractivity (Wildman–Crippen MR) is 45.3 cm³/mol. The lowest BCUT2D eigenvalue weighted by atomic mass is 9.94. The van der Waals surface area contributed by atoms with Crippen LogP contribution in [0.25, 0.3) is 0 Å². The van der Waals surface area contributed by atoms with Crippen LogP contribution in [-0.2, 0) is 4.79 Å². The van der Waals surface area contributed by atoms with Gasteiger partial charge in [-0.15, -0.1) is 0 Å². The predicted octanol–water partition coefficient (Wildman–Crippen LogP) is 1.89. The van der Waals surface area contributed by atoms with E-state index in [4.69, 9.17) is 4.74 Å². The number of carbonyl (C=O) groups is 1. The third kappa shape index (κ3) is 1.30. The molecule has 2 nitrogen and oxygen atoms in total. The number of hydrogen-bond acceptors (Lipinski definition) is 2. The Morgan fingerprint density at radius 3 is 3.15 bits per heavy atom. The lowest BCUT2D eigenvalue weighted by molar-refractivity contribution is -0.109. The summed E-state index contributed by atoms with van der Waals surface area (Å²) in [7, 11) is 0. The summed E-state index contributed by atoms with van der Waals surface area (Å²) in [6.45, 7) is 0.414. The molecule has 13 heavy (non-hydrogen) atoms. The number of carbonyl (C=O) groups excluding carboxylic acids is 1. The number of fused-ring (bicyclic) bond motifs is 1. The molecule has 1 heterocycles. The van der Waals surface area contributed by atoms with Crippen molar-refractivity contribution in [2.75, 3.05) is 6.61 Å². The van der Waals surface area contributed by atoms with Gasteiger partial charge in [0.1, 0.15) is 6.29 Å². The fourth-order valence-electron chi connectivity index (χ4n) is 1.55. The van der Waals surface area contributed by atoms with Crippen LogP contribution in [0.4, 0.5) is 4.39 Å². The second-order valence-electron chi connectivity index (χ2n) is 3.04. The summed E-state index contributed by atoms with van der Waals surface area (Å²) in [5.74, 6) is -0.352. The van der Waals surface area contributed by atoms with Gasteiger partial charge in [-0.1, -0.05) is 12.1 Å². The van der Waals surface area contributed by atoms with Gasteiger partial charge in [0, 0.05) is 11.5 Å². The molecule has 1 aromatic carbocycles. The highest BCUT2D eigenvalue weighted by molar-refractivity contribution is 5.65. The van der Waals surface area contributed by atoms with Gasteiger partial charge < -0.3 is 9.53 Å². The van der Waals surface area contributed by atoms with Crippen LogP contribution < -0.4 is 4.74 Å². The second kappa shape index (κ2) is 3.17. The topological polar surface area (TPSA) is 26.3 Å². The van der Waals surface area contributed by atoms with E-state index in [1.54, 1.807) is 12.1 Å². The van der Waals surface area contributed by atoms with Gasteiger partial charge in [0.05, 0.1) is 6.61 Å². The molecular formula is C10H9FO2. The summed E-state index contributed by atoms with van der Waals surface area (Å²) in [4.78, 5) is 10.7. The first kappa shape index (κ1) is 8.23. The van der Waals surface area contributed by atoms with Gasteiger partial charge in [0.15, 0.2) is 11.6 Å². The highest BCUT2D eigenvalue weighted by Crippen LogP contribution is 2.34. The zero-order valence-corrected chi connectivity index (χ0v) is 7.00. The Hall–Kier alpha value is -1.38. The van der Waals surface area contributed by atoms with Crippen molar-refractivity contribution >= 4 is 6.29 Å². The number of para-hydroxylation sites is 1. The Balaban J connectivity index is 2.51. The number of halogens is 1. The smallest absolute Gasteiger partial charge is 0.165 e. The van der Waals surface area contributed by atoms with Crippen LogP contribution in [0.3, 0.4) is 0 Å². The fourth-order valence-corrected chi connectivity index (χ4v) is 1.55. The molecule has 1 atom stereocenters. The zero-order chi connectivity index (χ0) is 9.26. The monoisotopic (exact) mass is 180 g/mol. The third-order valence-corrected chi connectivity index (χ3v) is 2.24. The molecule has 1 aliphatic heterocycles. The molecular weight excluding hydrogens is 171 g/mol. The minimum atomic E-state index is -0.385. The van der Waals surface area contributed by atoms with Crippen molar-refractivity contribution in [3.8, 4) is 5.75 Å². The van der Waals surface area contributed by atoms with Gasteiger partial charge in [-0.25, -0.2) is 4.39 Å². The maximum Gasteiger partial charge on any atom is 0.165 e. The summed E-state index contributed by atoms with van der Waals surface area (Å²) in [6.07, 6.45) is 1.49. The summed E-state index contributed by atoms with van der Waals surface area (Å²) in [5, 5.41) is 0. The maximum atomic E-state index is 13.1. The van der Waals surface area contributed by atoms with Crippen LogP contribution >= 0.6 is 0 Å². The Kier molecular flexibility index (Phi) is 2.00. The van der Waals surface area contributed by atoms with Crippen molar-refractivity contribution in [2.24, 2.45) is 0 Å². The minimum Gasteiger partial charge on any atom is -0.490 e. The summed E-state index contributed by atoms with van der Waals surface area (Å²) >= 11 is 0. The SMILES string of the molecule is O=CC1CCOc2c(F)cccc21. The Morgan fingerprint density at radius 2 is 2.38 bits per heavy atom. The molecule has 0 N–H and O–H groups in total. The molecule has 0 radical (unpaired) electrons. The van der Waals surface area contributed by atoms with E-state index in [1.165, 1.54) is 6.07 Å². The van der Waals surface area contributed by atoms with Crippen LogP contribution in [-0.4, -0.2) is 12.9 Å². The molecule has 68 valence electrons. The first-order valence-corrected chi connectivity index (χ1v) is 4.19. The van der Waals surface area contributed by atoms with Gasteiger partial charge in [-0.2, -0.15) is 0 Å². The lowest BCUT2D eigenvalue weighted by Gasteiger charge is -2.21. The van der Waals surface area contributed by atoms with Crippen molar-refractivity contribution in [3.63, 3.8) is 0 Å². The fraction of sp³-hybridized carbons (Fsp3) is 0.300. The van der Waals surface area contributed by atoms with Crippen LogP contribution in [0.1, 0.15) is 17.9 Å². The van der Waals surface area contributed by atoms with E-state index in [0.717, 1.165) is 6.29 Å². The van der Waals surface area contributed by atoms with E-state index >= 15 is 0 Å². The van der Waals surface area contributed by atoms with E-state index in [0.29, 0.717) is 18.6 Å². The molecule has 0 fully saturated rings. The summed E-state index contributed by atoms with van der Waals surface area (Å²) < 4.78 is 18.3. The van der Waals surface area contributed by atoms with Crippen molar-refractivity contribution < 1.29 is 13.9 Å². The van der Waals surface area contributed by atoms with E-state index < -0.39 is 0 Å². The lowest BCUT2D eigenvalue weighted by Crippen LogP contribution is -2.16. The first-order valence-electron chi connectivity index (χ1n) is 4.19. The van der Waals surface area contributed by atoms with Gasteiger partial charge in [-0.3, -0.25) is 0 Å². The summed E-state index contributed by atoms with van der Waals surface area (Å²) in [5.41, 5.74) is 0.668. The van der Waals surface area contributed by atoms with Gasteiger partial charge in [0.25, 0.3) is 0 Å². The van der Waals surface area contributed by atoms with Gasteiger partial charge >= 0.3 is 0 Å². The van der Waals surface area contributed by atoms with Crippen molar-refractivity contribution in [2.45, 2.75) is 12.3 Å². The number of hydrogen-bond donors (Lipinski definition) is 0.